The molecule has 20 heavy (non-hydrogen) atoms. The smallest absolute Gasteiger partial charge is 0.275 e. The number of ether oxygens (including phenoxy) is 2. The van der Waals surface area contributed by atoms with Crippen LogP contribution < -0.4 is 15.0 Å². The Bertz CT molecular complexity index is 707. The zero-order chi connectivity index (χ0) is 14.7. The van der Waals surface area contributed by atoms with Gasteiger partial charge in [-0.1, -0.05) is 0 Å². The largest absolute Gasteiger partial charge is 0.497 e. The molecular formula is C14H14N2O4. The Morgan fingerprint density at radius 2 is 1.95 bits per heavy atom. The maximum Gasteiger partial charge on any atom is 0.275 e. The van der Waals surface area contributed by atoms with E-state index in [9.17, 15) is 9.59 Å². The highest BCUT2D eigenvalue weighted by atomic mass is 16.5. The Hall–Kier alpha value is -2.63. The normalized spacial score (nSPS) is 10.2. The molecule has 6 nitrogen and oxygen atoms in total. The SMILES string of the molecule is COc1ccc(OC)c(-c2cc(C(C)=O)c(=O)[nH]n2)c1. The second-order valence-electron chi connectivity index (χ2n) is 4.12. The summed E-state index contributed by atoms with van der Waals surface area (Å²) in [7, 11) is 3.08. The molecule has 104 valence electrons. The number of carbonyl (C=O) groups is 1. The molecule has 0 aliphatic rings. The van der Waals surface area contributed by atoms with Crippen LogP contribution in [0, 0.1) is 0 Å². The van der Waals surface area contributed by atoms with Crippen molar-refractivity contribution in [3.63, 3.8) is 0 Å². The summed E-state index contributed by atoms with van der Waals surface area (Å²) in [5, 5.41) is 6.26. The Morgan fingerprint density at radius 3 is 2.55 bits per heavy atom. The lowest BCUT2D eigenvalue weighted by Gasteiger charge is -2.10. The van der Waals surface area contributed by atoms with Crippen molar-refractivity contribution in [1.29, 1.82) is 0 Å². The second-order valence-corrected chi connectivity index (χ2v) is 4.12. The topological polar surface area (TPSA) is 81.3 Å². The van der Waals surface area contributed by atoms with E-state index >= 15 is 0 Å². The molecule has 6 heteroatoms. The molecule has 0 spiro atoms. The van der Waals surface area contributed by atoms with Crippen molar-refractivity contribution < 1.29 is 14.3 Å². The fourth-order valence-corrected chi connectivity index (χ4v) is 1.82. The minimum atomic E-state index is -0.511. The van der Waals surface area contributed by atoms with Crippen LogP contribution in [0.15, 0.2) is 29.1 Å². The molecule has 1 heterocycles. The van der Waals surface area contributed by atoms with Crippen molar-refractivity contribution in [2.75, 3.05) is 14.2 Å². The fourth-order valence-electron chi connectivity index (χ4n) is 1.82. The number of aromatic amines is 1. The molecule has 1 aromatic heterocycles. The predicted molar refractivity (Wildman–Crippen MR) is 73.4 cm³/mol. The van der Waals surface area contributed by atoms with E-state index in [1.165, 1.54) is 20.1 Å². The standard InChI is InChI=1S/C14H14N2O4/c1-8(17)10-7-12(15-16-14(10)18)11-6-9(19-2)4-5-13(11)20-3/h4-7H,1-3H3,(H,16,18). The van der Waals surface area contributed by atoms with Crippen LogP contribution >= 0.6 is 0 Å². The van der Waals surface area contributed by atoms with Crippen LogP contribution in [0.25, 0.3) is 11.3 Å². The molecule has 0 aliphatic heterocycles. The summed E-state index contributed by atoms with van der Waals surface area (Å²) in [5.74, 6) is 0.870. The minimum absolute atomic E-state index is 0.0554. The van der Waals surface area contributed by atoms with Crippen LogP contribution in [-0.4, -0.2) is 30.2 Å². The molecular weight excluding hydrogens is 260 g/mol. The number of nitrogens with one attached hydrogen (secondary N) is 1. The lowest BCUT2D eigenvalue weighted by atomic mass is 10.1. The zero-order valence-electron chi connectivity index (χ0n) is 11.4. The Kier molecular flexibility index (Phi) is 3.84. The fraction of sp³-hybridized carbons (Fsp3) is 0.214. The summed E-state index contributed by atoms with van der Waals surface area (Å²) < 4.78 is 10.4. The third-order valence-corrected chi connectivity index (χ3v) is 2.87. The first kappa shape index (κ1) is 13.8. The van der Waals surface area contributed by atoms with E-state index in [0.717, 1.165) is 0 Å². The van der Waals surface area contributed by atoms with Crippen molar-refractivity contribution in [2.24, 2.45) is 0 Å². The van der Waals surface area contributed by atoms with Gasteiger partial charge in [0.1, 0.15) is 11.5 Å². The van der Waals surface area contributed by atoms with Crippen LogP contribution in [0.4, 0.5) is 0 Å². The molecule has 2 aromatic rings. The third-order valence-electron chi connectivity index (χ3n) is 2.87. The van der Waals surface area contributed by atoms with Gasteiger partial charge >= 0.3 is 0 Å². The molecule has 0 radical (unpaired) electrons. The maximum absolute atomic E-state index is 11.5. The molecule has 0 amide bonds. The Balaban J connectivity index is 2.64. The van der Waals surface area contributed by atoms with E-state index < -0.39 is 5.56 Å². The summed E-state index contributed by atoms with van der Waals surface area (Å²) in [6, 6.07) is 6.65. The average molecular weight is 274 g/mol. The van der Waals surface area contributed by atoms with Crippen molar-refractivity contribution in [2.45, 2.75) is 6.92 Å². The first-order valence-corrected chi connectivity index (χ1v) is 5.90. The predicted octanol–water partition coefficient (Wildman–Crippen LogP) is 1.66. The van der Waals surface area contributed by atoms with Crippen LogP contribution in [-0.2, 0) is 0 Å². The quantitative estimate of drug-likeness (QED) is 0.857. The summed E-state index contributed by atoms with van der Waals surface area (Å²) in [4.78, 5) is 23.0. The summed E-state index contributed by atoms with van der Waals surface area (Å²) >= 11 is 0. The number of carbonyl (C=O) groups excluding carboxylic acids is 1. The lowest BCUT2D eigenvalue weighted by molar-refractivity contribution is 0.101. The number of ketones is 1. The van der Waals surface area contributed by atoms with Crippen molar-refractivity contribution in [3.8, 4) is 22.8 Å². The van der Waals surface area contributed by atoms with Crippen LogP contribution in [0.1, 0.15) is 17.3 Å². The number of methoxy groups -OCH3 is 2. The highest BCUT2D eigenvalue weighted by Crippen LogP contribution is 2.31. The monoisotopic (exact) mass is 274 g/mol. The second kappa shape index (κ2) is 5.56. The first-order valence-electron chi connectivity index (χ1n) is 5.90. The van der Waals surface area contributed by atoms with Gasteiger partial charge in [0.15, 0.2) is 5.78 Å². The number of H-pyrrole nitrogens is 1. The van der Waals surface area contributed by atoms with Crippen LogP contribution in [0.3, 0.4) is 0 Å². The summed E-state index contributed by atoms with van der Waals surface area (Å²) in [5.41, 5.74) is 0.610. The van der Waals surface area contributed by atoms with Gasteiger partial charge in [0, 0.05) is 5.56 Å². The summed E-state index contributed by atoms with van der Waals surface area (Å²) in [6.07, 6.45) is 0. The molecule has 0 bridgehead atoms. The van der Waals surface area contributed by atoms with E-state index in [-0.39, 0.29) is 11.3 Å². The van der Waals surface area contributed by atoms with Gasteiger partial charge in [0.05, 0.1) is 25.5 Å². The first-order chi connectivity index (χ1) is 9.56. The molecule has 1 N–H and O–H groups in total. The number of hydrogen-bond acceptors (Lipinski definition) is 5. The average Bonchev–Trinajstić information content (AvgIpc) is 2.46. The van der Waals surface area contributed by atoms with Gasteiger partial charge in [-0.25, -0.2) is 5.10 Å². The molecule has 0 unspecified atom stereocenters. The van der Waals surface area contributed by atoms with Gasteiger partial charge in [0.2, 0.25) is 0 Å². The molecule has 0 aliphatic carbocycles. The molecule has 0 fully saturated rings. The van der Waals surface area contributed by atoms with Crippen molar-refractivity contribution >= 4 is 5.78 Å². The number of benzene rings is 1. The number of hydrogen-bond donors (Lipinski definition) is 1. The minimum Gasteiger partial charge on any atom is -0.497 e. The number of rotatable bonds is 4. The van der Waals surface area contributed by atoms with E-state index in [4.69, 9.17) is 9.47 Å². The van der Waals surface area contributed by atoms with Gasteiger partial charge in [-0.2, -0.15) is 5.10 Å². The maximum atomic E-state index is 11.5. The molecule has 0 saturated carbocycles. The van der Waals surface area contributed by atoms with Gasteiger partial charge in [-0.15, -0.1) is 0 Å². The number of nitrogens with zero attached hydrogens (tertiary/aromatic N) is 1. The number of aromatic nitrogens is 2. The van der Waals surface area contributed by atoms with Crippen LogP contribution in [0.2, 0.25) is 0 Å². The highest BCUT2D eigenvalue weighted by Gasteiger charge is 2.13. The summed E-state index contributed by atoms with van der Waals surface area (Å²) in [6.45, 7) is 1.33. The Morgan fingerprint density at radius 1 is 1.20 bits per heavy atom. The molecule has 0 atom stereocenters. The van der Waals surface area contributed by atoms with Crippen LogP contribution in [0.5, 0.6) is 11.5 Å². The van der Waals surface area contributed by atoms with E-state index in [1.54, 1.807) is 25.3 Å². The van der Waals surface area contributed by atoms with Gasteiger partial charge < -0.3 is 9.47 Å². The third kappa shape index (κ3) is 2.54. The highest BCUT2D eigenvalue weighted by molar-refractivity contribution is 5.94. The Labute approximate surface area is 115 Å². The van der Waals surface area contributed by atoms with Gasteiger partial charge in [0.25, 0.3) is 5.56 Å². The van der Waals surface area contributed by atoms with E-state index in [1.807, 2.05) is 0 Å². The van der Waals surface area contributed by atoms with Gasteiger partial charge in [-0.05, 0) is 31.2 Å². The lowest BCUT2D eigenvalue weighted by Crippen LogP contribution is -2.17. The van der Waals surface area contributed by atoms with Crippen molar-refractivity contribution in [1.82, 2.24) is 10.2 Å². The molecule has 2 rings (SSSR count). The van der Waals surface area contributed by atoms with E-state index in [2.05, 4.69) is 10.2 Å². The number of Topliss-reactive ketones (excluding diaryl/α,β-unsaturated/α-hetero) is 1. The zero-order valence-corrected chi connectivity index (χ0v) is 11.4. The molecule has 0 saturated heterocycles. The van der Waals surface area contributed by atoms with Gasteiger partial charge in [-0.3, -0.25) is 9.59 Å². The molecule has 1 aromatic carbocycles. The van der Waals surface area contributed by atoms with Crippen molar-refractivity contribution in [3.05, 3.63) is 40.2 Å². The van der Waals surface area contributed by atoms with E-state index in [0.29, 0.717) is 22.8 Å².